The molecule has 0 spiro atoms. The molecule has 0 radical (unpaired) electrons. The molecule has 0 saturated carbocycles. The fourth-order valence-electron chi connectivity index (χ4n) is 1.27. The Balaban J connectivity index is 0.000000350. The van der Waals surface area contributed by atoms with Gasteiger partial charge in [-0.15, -0.1) is 0 Å². The molecule has 2 aromatic rings. The standard InChI is InChI=1S/C6H12N4O4S.C5H10N4O2/c1-3-9-6(11)10(8-7-9)4-5-14-15(2,12)13;1-2-8-5(11)9(3-4-10)7-6-8/h3-5H2,1-2H3;10H,2-4H2,1H3/i4D2,5D2;3D2,4D2. The van der Waals surface area contributed by atoms with E-state index in [1.807, 2.05) is 0 Å². The highest BCUT2D eigenvalue weighted by Crippen LogP contribution is 1.87. The van der Waals surface area contributed by atoms with E-state index in [1.165, 1.54) is 0 Å². The summed E-state index contributed by atoms with van der Waals surface area (Å²) in [6.45, 7) is -9.21. The molecule has 14 nitrogen and oxygen atoms in total. The number of hydrogen-bond donors (Lipinski definition) is 1. The van der Waals surface area contributed by atoms with Crippen molar-refractivity contribution in [2.75, 3.05) is 19.4 Å². The van der Waals surface area contributed by atoms with Gasteiger partial charge in [0.25, 0.3) is 10.1 Å². The molecule has 0 aromatic carbocycles. The third kappa shape index (κ3) is 6.49. The third-order valence-electron chi connectivity index (χ3n) is 2.38. The lowest BCUT2D eigenvalue weighted by Gasteiger charge is -1.99. The number of tetrazole rings is 2. The van der Waals surface area contributed by atoms with Crippen molar-refractivity contribution in [2.45, 2.75) is 39.9 Å². The molecule has 0 atom stereocenters. The second kappa shape index (κ2) is 9.93. The summed E-state index contributed by atoms with van der Waals surface area (Å²) in [4.78, 5) is 23.0. The van der Waals surface area contributed by atoms with Crippen LogP contribution in [0.15, 0.2) is 9.59 Å². The van der Waals surface area contributed by atoms with Crippen molar-refractivity contribution in [1.82, 2.24) is 39.6 Å². The number of aryl methyl sites for hydroxylation is 4. The van der Waals surface area contributed by atoms with Crippen molar-refractivity contribution in [2.24, 2.45) is 0 Å². The lowest BCUT2D eigenvalue weighted by atomic mass is 10.7. The van der Waals surface area contributed by atoms with Gasteiger partial charge in [0.05, 0.1) is 43.3 Å². The minimum atomic E-state index is -4.27. The van der Waals surface area contributed by atoms with Crippen molar-refractivity contribution < 1.29 is 28.7 Å². The quantitative estimate of drug-likeness (QED) is 0.446. The van der Waals surface area contributed by atoms with Crippen LogP contribution in [-0.4, -0.2) is 72.5 Å². The molecule has 2 heterocycles. The molecule has 15 heteroatoms. The maximum atomic E-state index is 11.6. The van der Waals surface area contributed by atoms with Crippen LogP contribution >= 0.6 is 0 Å². The minimum Gasteiger partial charge on any atom is -0.394 e. The van der Waals surface area contributed by atoms with Crippen LogP contribution in [0.1, 0.15) is 24.8 Å². The van der Waals surface area contributed by atoms with Crippen LogP contribution in [0.3, 0.4) is 0 Å². The van der Waals surface area contributed by atoms with E-state index in [0.717, 1.165) is 9.36 Å². The topological polar surface area (TPSA) is 169 Å². The molecule has 2 aromatic heterocycles. The van der Waals surface area contributed by atoms with E-state index in [-0.39, 0.29) is 22.5 Å². The molecule has 0 aliphatic rings. The summed E-state index contributed by atoms with van der Waals surface area (Å²) in [5, 5.41) is 21.9. The molecular weight excluding hydrogens is 372 g/mol. The molecule has 0 fully saturated rings. The van der Waals surface area contributed by atoms with E-state index in [0.29, 0.717) is 6.26 Å². The molecule has 0 unspecified atom stereocenters. The lowest BCUT2D eigenvalue weighted by Crippen LogP contribution is -2.26. The van der Waals surface area contributed by atoms with Crippen molar-refractivity contribution in [3.05, 3.63) is 21.0 Å². The SMILES string of the molecule is [2H]C([2H])(O)C([2H])([2H])n1nnn(CC)c1=O.[2H]C([2H])(OS(C)(=O)=O)C([2H])([2H])n1nnn(CC)c1=O. The molecule has 0 saturated heterocycles. The normalized spacial score (nSPS) is 18.0. The first-order chi connectivity index (χ1) is 15.1. The lowest BCUT2D eigenvalue weighted by molar-refractivity contribution is 0.266. The van der Waals surface area contributed by atoms with E-state index in [9.17, 15) is 18.0 Å². The Labute approximate surface area is 159 Å². The van der Waals surface area contributed by atoms with Crippen LogP contribution in [0.2, 0.25) is 0 Å². The molecule has 0 aliphatic heterocycles. The highest BCUT2D eigenvalue weighted by Gasteiger charge is 2.06. The third-order valence-corrected chi connectivity index (χ3v) is 2.76. The summed E-state index contributed by atoms with van der Waals surface area (Å²) >= 11 is 0. The average molecular weight is 402 g/mol. The van der Waals surface area contributed by atoms with Crippen LogP contribution in [0.5, 0.6) is 0 Å². The van der Waals surface area contributed by atoms with Gasteiger partial charge in [0.1, 0.15) is 0 Å². The Hall–Kier alpha value is -2.39. The Bertz CT molecular complexity index is 1210. The average Bonchev–Trinajstić information content (AvgIpc) is 3.21. The first-order valence-corrected chi connectivity index (χ1v) is 8.65. The Morgan fingerprint density at radius 1 is 0.962 bits per heavy atom. The van der Waals surface area contributed by atoms with Gasteiger partial charge in [0, 0.05) is 13.1 Å². The van der Waals surface area contributed by atoms with Crippen molar-refractivity contribution in [3.63, 3.8) is 0 Å². The predicted molar refractivity (Wildman–Crippen MR) is 87.8 cm³/mol. The van der Waals surface area contributed by atoms with Gasteiger partial charge < -0.3 is 5.11 Å². The zero-order valence-corrected chi connectivity index (χ0v) is 14.7. The Kier molecular flexibility index (Phi) is 4.61. The number of nitrogens with zero attached hydrogens (tertiary/aromatic N) is 8. The van der Waals surface area contributed by atoms with Gasteiger partial charge in [-0.05, 0) is 34.7 Å². The fraction of sp³-hybridized carbons (Fsp3) is 0.818. The van der Waals surface area contributed by atoms with Gasteiger partial charge in [0.15, 0.2) is 0 Å². The van der Waals surface area contributed by atoms with Gasteiger partial charge in [-0.3, -0.25) is 4.18 Å². The first-order valence-electron chi connectivity index (χ1n) is 10.8. The van der Waals surface area contributed by atoms with E-state index in [2.05, 4.69) is 25.0 Å². The van der Waals surface area contributed by atoms with Gasteiger partial charge >= 0.3 is 11.4 Å². The molecule has 148 valence electrons. The predicted octanol–water partition coefficient (Wildman–Crippen LogP) is -3.11. The number of aliphatic hydroxyl groups is 1. The smallest absolute Gasteiger partial charge is 0.363 e. The maximum Gasteiger partial charge on any atom is 0.363 e. The van der Waals surface area contributed by atoms with Gasteiger partial charge in [-0.25, -0.2) is 9.59 Å². The Morgan fingerprint density at radius 2 is 1.38 bits per heavy atom. The first kappa shape index (κ1) is 12.1. The van der Waals surface area contributed by atoms with E-state index in [4.69, 9.17) is 16.1 Å². The molecule has 0 bridgehead atoms. The van der Waals surface area contributed by atoms with Crippen LogP contribution in [-0.2, 0) is 40.4 Å². The maximum absolute atomic E-state index is 11.6. The summed E-state index contributed by atoms with van der Waals surface area (Å²) in [7, 11) is -4.27. The van der Waals surface area contributed by atoms with Gasteiger partial charge in [-0.2, -0.15) is 27.1 Å². The highest BCUT2D eigenvalue weighted by molar-refractivity contribution is 7.85. The number of aromatic nitrogens is 8. The van der Waals surface area contributed by atoms with E-state index in [1.54, 1.807) is 13.8 Å². The monoisotopic (exact) mass is 402 g/mol. The van der Waals surface area contributed by atoms with Crippen LogP contribution < -0.4 is 11.4 Å². The summed E-state index contributed by atoms with van der Waals surface area (Å²) in [5.74, 6) is 0. The van der Waals surface area contributed by atoms with Crippen LogP contribution in [0, 0.1) is 0 Å². The van der Waals surface area contributed by atoms with Gasteiger partial charge in [0.2, 0.25) is 0 Å². The van der Waals surface area contributed by atoms with Crippen LogP contribution in [0.4, 0.5) is 0 Å². The van der Waals surface area contributed by atoms with Crippen molar-refractivity contribution in [1.29, 1.82) is 0 Å². The zero-order valence-electron chi connectivity index (χ0n) is 21.9. The van der Waals surface area contributed by atoms with Gasteiger partial charge in [-0.1, -0.05) is 0 Å². The molecular formula is C11H22N8O6S. The van der Waals surface area contributed by atoms with Crippen molar-refractivity contribution >= 4 is 10.1 Å². The summed E-state index contributed by atoms with van der Waals surface area (Å²) in [5.41, 5.74) is -1.94. The Morgan fingerprint density at radius 3 is 1.73 bits per heavy atom. The number of hydrogen-bond acceptors (Lipinski definition) is 10. The molecule has 0 amide bonds. The second-order valence-electron chi connectivity index (χ2n) is 4.20. The zero-order chi connectivity index (χ0) is 26.9. The van der Waals surface area contributed by atoms with Crippen LogP contribution in [0.25, 0.3) is 0 Å². The van der Waals surface area contributed by atoms with E-state index < -0.39 is 47.6 Å². The largest absolute Gasteiger partial charge is 0.394 e. The fourth-order valence-corrected chi connectivity index (χ4v) is 1.46. The highest BCUT2D eigenvalue weighted by atomic mass is 32.2. The summed E-state index contributed by atoms with van der Waals surface area (Å²) < 4.78 is 85.7. The molecule has 2 rings (SSSR count). The molecule has 0 aliphatic carbocycles. The second-order valence-corrected chi connectivity index (χ2v) is 5.78. The molecule has 1 N–H and O–H groups in total. The number of rotatable bonds is 8. The van der Waals surface area contributed by atoms with Crippen molar-refractivity contribution in [3.8, 4) is 0 Å². The minimum absolute atomic E-state index is 0.0989. The summed E-state index contributed by atoms with van der Waals surface area (Å²) in [6.07, 6.45) is 0.562. The molecule has 26 heavy (non-hydrogen) atoms. The van der Waals surface area contributed by atoms with E-state index >= 15 is 0 Å². The summed E-state index contributed by atoms with van der Waals surface area (Å²) in [6, 6.07) is 0.